The predicted octanol–water partition coefficient (Wildman–Crippen LogP) is 3.47. The van der Waals surface area contributed by atoms with Gasteiger partial charge in [-0.15, -0.1) is 0 Å². The van der Waals surface area contributed by atoms with Crippen LogP contribution in [0.15, 0.2) is 22.7 Å². The molecule has 0 aliphatic carbocycles. The van der Waals surface area contributed by atoms with Crippen molar-refractivity contribution in [3.63, 3.8) is 0 Å². The standard InChI is InChI=1S/C11H12BrF2N/c12-9-1-2-10-8(7-9)3-5-15(10)6-4-11(13)14/h1-2,7,11H,3-6H2. The summed E-state index contributed by atoms with van der Waals surface area (Å²) in [6.45, 7) is 1.31. The third kappa shape index (κ3) is 2.48. The van der Waals surface area contributed by atoms with Crippen molar-refractivity contribution in [2.75, 3.05) is 18.0 Å². The molecule has 1 aromatic rings. The monoisotopic (exact) mass is 275 g/mol. The van der Waals surface area contributed by atoms with Crippen LogP contribution in [-0.4, -0.2) is 19.5 Å². The summed E-state index contributed by atoms with van der Waals surface area (Å²) in [4.78, 5) is 2.04. The maximum Gasteiger partial charge on any atom is 0.240 e. The van der Waals surface area contributed by atoms with E-state index >= 15 is 0 Å². The van der Waals surface area contributed by atoms with E-state index in [-0.39, 0.29) is 6.42 Å². The van der Waals surface area contributed by atoms with Crippen LogP contribution in [0.4, 0.5) is 14.5 Å². The average molecular weight is 276 g/mol. The fourth-order valence-corrected chi connectivity index (χ4v) is 2.33. The molecule has 0 saturated carbocycles. The van der Waals surface area contributed by atoms with Gasteiger partial charge in [-0.1, -0.05) is 15.9 Å². The molecule has 0 radical (unpaired) electrons. The number of hydrogen-bond donors (Lipinski definition) is 0. The van der Waals surface area contributed by atoms with E-state index in [1.165, 1.54) is 5.56 Å². The summed E-state index contributed by atoms with van der Waals surface area (Å²) < 4.78 is 25.2. The molecule has 1 aromatic carbocycles. The topological polar surface area (TPSA) is 3.24 Å². The second-order valence-corrected chi connectivity index (χ2v) is 4.61. The number of anilines is 1. The molecule has 15 heavy (non-hydrogen) atoms. The lowest BCUT2D eigenvalue weighted by Crippen LogP contribution is -2.23. The molecule has 82 valence electrons. The summed E-state index contributed by atoms with van der Waals surface area (Å²) in [5.41, 5.74) is 2.36. The minimum Gasteiger partial charge on any atom is -0.371 e. The maximum absolute atomic E-state index is 12.1. The molecule has 0 aromatic heterocycles. The average Bonchev–Trinajstić information content (AvgIpc) is 2.57. The van der Waals surface area contributed by atoms with E-state index in [9.17, 15) is 8.78 Å². The Morgan fingerprint density at radius 3 is 2.93 bits per heavy atom. The molecule has 4 heteroatoms. The van der Waals surface area contributed by atoms with Gasteiger partial charge in [-0.2, -0.15) is 0 Å². The first-order chi connectivity index (χ1) is 7.16. The quantitative estimate of drug-likeness (QED) is 0.817. The third-order valence-corrected chi connectivity index (χ3v) is 3.14. The Balaban J connectivity index is 2.08. The lowest BCUT2D eigenvalue weighted by atomic mass is 10.2. The molecule has 0 fully saturated rings. The van der Waals surface area contributed by atoms with Crippen LogP contribution in [0.2, 0.25) is 0 Å². The van der Waals surface area contributed by atoms with Crippen molar-refractivity contribution in [2.45, 2.75) is 19.3 Å². The third-order valence-electron chi connectivity index (χ3n) is 2.65. The molecule has 1 aliphatic rings. The van der Waals surface area contributed by atoms with Crippen molar-refractivity contribution in [1.29, 1.82) is 0 Å². The van der Waals surface area contributed by atoms with E-state index in [0.717, 1.165) is 23.1 Å². The number of nitrogens with zero attached hydrogens (tertiary/aromatic N) is 1. The highest BCUT2D eigenvalue weighted by Crippen LogP contribution is 2.30. The molecule has 2 rings (SSSR count). The predicted molar refractivity (Wildman–Crippen MR) is 60.7 cm³/mol. The molecule has 0 spiro atoms. The van der Waals surface area contributed by atoms with Gasteiger partial charge in [0.15, 0.2) is 0 Å². The molecule has 0 atom stereocenters. The van der Waals surface area contributed by atoms with E-state index < -0.39 is 6.43 Å². The number of benzene rings is 1. The van der Waals surface area contributed by atoms with Crippen LogP contribution in [0.25, 0.3) is 0 Å². The molecule has 0 amide bonds. The molecule has 1 nitrogen and oxygen atoms in total. The van der Waals surface area contributed by atoms with Gasteiger partial charge in [-0.3, -0.25) is 0 Å². The molecule has 0 unspecified atom stereocenters. The minimum absolute atomic E-state index is 0.0461. The SMILES string of the molecule is FC(F)CCN1CCc2cc(Br)ccc21. The highest BCUT2D eigenvalue weighted by atomic mass is 79.9. The van der Waals surface area contributed by atoms with Crippen LogP contribution in [0.5, 0.6) is 0 Å². The first-order valence-corrected chi connectivity index (χ1v) is 5.77. The molecule has 1 aliphatic heterocycles. The molecule has 1 heterocycles. The molecular formula is C11H12BrF2N. The van der Waals surface area contributed by atoms with Crippen molar-refractivity contribution in [2.24, 2.45) is 0 Å². The molecule has 0 N–H and O–H groups in total. The van der Waals surface area contributed by atoms with Gasteiger partial charge < -0.3 is 4.90 Å². The van der Waals surface area contributed by atoms with Crippen LogP contribution >= 0.6 is 15.9 Å². The van der Waals surface area contributed by atoms with E-state index in [2.05, 4.69) is 22.0 Å². The summed E-state index contributed by atoms with van der Waals surface area (Å²) in [5, 5.41) is 0. The van der Waals surface area contributed by atoms with Crippen molar-refractivity contribution in [3.8, 4) is 0 Å². The van der Waals surface area contributed by atoms with Gasteiger partial charge >= 0.3 is 0 Å². The van der Waals surface area contributed by atoms with Crippen molar-refractivity contribution in [1.82, 2.24) is 0 Å². The largest absolute Gasteiger partial charge is 0.371 e. The number of halogens is 3. The van der Waals surface area contributed by atoms with E-state index in [4.69, 9.17) is 0 Å². The van der Waals surface area contributed by atoms with E-state index in [1.807, 2.05) is 17.0 Å². The van der Waals surface area contributed by atoms with Gasteiger partial charge in [0, 0.05) is 29.7 Å². The molecular weight excluding hydrogens is 264 g/mol. The van der Waals surface area contributed by atoms with Crippen LogP contribution in [0.3, 0.4) is 0 Å². The molecule has 0 saturated heterocycles. The Morgan fingerprint density at radius 1 is 1.40 bits per heavy atom. The van der Waals surface area contributed by atoms with Gasteiger partial charge in [0.2, 0.25) is 6.43 Å². The Labute approximate surface area is 96.2 Å². The van der Waals surface area contributed by atoms with Crippen LogP contribution in [0.1, 0.15) is 12.0 Å². The Bertz CT molecular complexity index is 354. The zero-order valence-electron chi connectivity index (χ0n) is 8.22. The second kappa shape index (κ2) is 4.47. The number of rotatable bonds is 3. The normalized spacial score (nSPS) is 14.8. The number of hydrogen-bond acceptors (Lipinski definition) is 1. The second-order valence-electron chi connectivity index (χ2n) is 3.69. The van der Waals surface area contributed by atoms with Crippen LogP contribution in [0, 0.1) is 0 Å². The zero-order chi connectivity index (χ0) is 10.8. The number of fused-ring (bicyclic) bond motifs is 1. The van der Waals surface area contributed by atoms with Crippen molar-refractivity contribution in [3.05, 3.63) is 28.2 Å². The fraction of sp³-hybridized carbons (Fsp3) is 0.455. The Morgan fingerprint density at radius 2 is 2.20 bits per heavy atom. The molecule has 0 bridgehead atoms. The van der Waals surface area contributed by atoms with Crippen molar-refractivity contribution >= 4 is 21.6 Å². The maximum atomic E-state index is 12.1. The Kier molecular flexibility index (Phi) is 3.24. The van der Waals surface area contributed by atoms with Gasteiger partial charge in [0.05, 0.1) is 0 Å². The van der Waals surface area contributed by atoms with Gasteiger partial charge in [-0.25, -0.2) is 8.78 Å². The first-order valence-electron chi connectivity index (χ1n) is 4.98. The van der Waals surface area contributed by atoms with E-state index in [1.54, 1.807) is 0 Å². The Hall–Kier alpha value is -0.640. The summed E-state index contributed by atoms with van der Waals surface area (Å²) >= 11 is 3.41. The lowest BCUT2D eigenvalue weighted by Gasteiger charge is -2.18. The minimum atomic E-state index is -2.20. The summed E-state index contributed by atoms with van der Waals surface area (Å²) in [7, 11) is 0. The smallest absolute Gasteiger partial charge is 0.240 e. The van der Waals surface area contributed by atoms with Crippen LogP contribution < -0.4 is 4.90 Å². The van der Waals surface area contributed by atoms with Crippen molar-refractivity contribution < 1.29 is 8.78 Å². The summed E-state index contributed by atoms with van der Waals surface area (Å²) in [5.74, 6) is 0. The summed E-state index contributed by atoms with van der Waals surface area (Å²) in [6, 6.07) is 6.02. The van der Waals surface area contributed by atoms with E-state index in [0.29, 0.717) is 6.54 Å². The lowest BCUT2D eigenvalue weighted by molar-refractivity contribution is 0.140. The fourth-order valence-electron chi connectivity index (χ4n) is 1.92. The van der Waals surface area contributed by atoms with Gasteiger partial charge in [-0.05, 0) is 30.2 Å². The van der Waals surface area contributed by atoms with Gasteiger partial charge in [0.1, 0.15) is 0 Å². The summed E-state index contributed by atoms with van der Waals surface area (Å²) in [6.07, 6.45) is -1.29. The van der Waals surface area contributed by atoms with Crippen LogP contribution in [-0.2, 0) is 6.42 Å². The first kappa shape index (κ1) is 10.9. The highest BCUT2D eigenvalue weighted by Gasteiger charge is 2.19. The zero-order valence-corrected chi connectivity index (χ0v) is 9.80. The highest BCUT2D eigenvalue weighted by molar-refractivity contribution is 9.10. The number of alkyl halides is 2. The van der Waals surface area contributed by atoms with Gasteiger partial charge in [0.25, 0.3) is 0 Å².